The summed E-state index contributed by atoms with van der Waals surface area (Å²) < 4.78 is 12.9. The summed E-state index contributed by atoms with van der Waals surface area (Å²) in [5.74, 6) is 0.738. The lowest BCUT2D eigenvalue weighted by Gasteiger charge is -2.19. The second-order valence-electron chi connectivity index (χ2n) is 4.98. The molecule has 0 fully saturated rings. The molecule has 106 valence electrons. The molecule has 20 heavy (non-hydrogen) atoms. The lowest BCUT2D eigenvalue weighted by molar-refractivity contribution is 0.0923. The van der Waals surface area contributed by atoms with Gasteiger partial charge < -0.3 is 5.32 Å². The van der Waals surface area contributed by atoms with Crippen LogP contribution in [0.4, 0.5) is 4.39 Å². The molecule has 1 atom stereocenters. The van der Waals surface area contributed by atoms with Crippen molar-refractivity contribution in [2.24, 2.45) is 5.92 Å². The maximum Gasteiger partial charge on any atom is 0.251 e. The van der Waals surface area contributed by atoms with Crippen molar-refractivity contribution in [1.29, 1.82) is 0 Å². The van der Waals surface area contributed by atoms with Crippen molar-refractivity contribution in [1.82, 2.24) is 20.5 Å². The number of halogens is 1. The molecule has 0 spiro atoms. The van der Waals surface area contributed by atoms with Gasteiger partial charge in [-0.1, -0.05) is 13.8 Å². The molecule has 1 aromatic heterocycles. The molecule has 0 aliphatic carbocycles. The van der Waals surface area contributed by atoms with Crippen LogP contribution in [0.3, 0.4) is 0 Å². The molecular weight excluding hydrogens is 259 g/mol. The normalized spacial score (nSPS) is 12.4. The number of amides is 1. The quantitative estimate of drug-likeness (QED) is 0.900. The first-order chi connectivity index (χ1) is 9.47. The molecular formula is C14H17FN4O. The summed E-state index contributed by atoms with van der Waals surface area (Å²) >= 11 is 0. The second kappa shape index (κ2) is 5.81. The van der Waals surface area contributed by atoms with E-state index in [4.69, 9.17) is 0 Å². The first-order valence-corrected chi connectivity index (χ1v) is 6.42. The molecule has 0 radical (unpaired) electrons. The van der Waals surface area contributed by atoms with E-state index >= 15 is 0 Å². The maximum absolute atomic E-state index is 12.9. The number of nitrogens with zero attached hydrogens (tertiary/aromatic N) is 2. The van der Waals surface area contributed by atoms with E-state index in [1.165, 1.54) is 24.3 Å². The van der Waals surface area contributed by atoms with Gasteiger partial charge in [0.2, 0.25) is 0 Å². The number of benzene rings is 1. The monoisotopic (exact) mass is 276 g/mol. The van der Waals surface area contributed by atoms with Gasteiger partial charge in [0.05, 0.1) is 6.04 Å². The van der Waals surface area contributed by atoms with E-state index in [-0.39, 0.29) is 23.7 Å². The lowest BCUT2D eigenvalue weighted by atomic mass is 10.0. The van der Waals surface area contributed by atoms with Gasteiger partial charge in [-0.2, -0.15) is 5.10 Å². The minimum Gasteiger partial charge on any atom is -0.342 e. The number of carbonyl (C=O) groups is 1. The smallest absolute Gasteiger partial charge is 0.251 e. The minimum atomic E-state index is -0.369. The zero-order valence-corrected chi connectivity index (χ0v) is 11.6. The van der Waals surface area contributed by atoms with Gasteiger partial charge in [-0.3, -0.25) is 9.89 Å². The highest BCUT2D eigenvalue weighted by Crippen LogP contribution is 2.19. The molecule has 0 unspecified atom stereocenters. The summed E-state index contributed by atoms with van der Waals surface area (Å²) in [7, 11) is 0. The third kappa shape index (κ3) is 3.20. The number of rotatable bonds is 4. The lowest BCUT2D eigenvalue weighted by Crippen LogP contribution is -2.32. The van der Waals surface area contributed by atoms with Crippen LogP contribution in [0.15, 0.2) is 24.3 Å². The topological polar surface area (TPSA) is 70.7 Å². The van der Waals surface area contributed by atoms with E-state index in [1.54, 1.807) is 6.92 Å². The van der Waals surface area contributed by atoms with Crippen LogP contribution in [0.5, 0.6) is 0 Å². The van der Waals surface area contributed by atoms with Crippen LogP contribution in [0.2, 0.25) is 0 Å². The van der Waals surface area contributed by atoms with Crippen molar-refractivity contribution in [3.63, 3.8) is 0 Å². The Balaban J connectivity index is 2.16. The average Bonchev–Trinajstić information content (AvgIpc) is 2.82. The van der Waals surface area contributed by atoms with Gasteiger partial charge in [-0.25, -0.2) is 9.37 Å². The van der Waals surface area contributed by atoms with Crippen molar-refractivity contribution in [3.8, 4) is 0 Å². The fourth-order valence-corrected chi connectivity index (χ4v) is 1.85. The molecule has 6 heteroatoms. The first kappa shape index (κ1) is 14.2. The summed E-state index contributed by atoms with van der Waals surface area (Å²) in [4.78, 5) is 16.4. The second-order valence-corrected chi connectivity index (χ2v) is 4.98. The summed E-state index contributed by atoms with van der Waals surface area (Å²) in [5, 5.41) is 9.73. The predicted molar refractivity (Wildman–Crippen MR) is 72.6 cm³/mol. The molecule has 1 aromatic carbocycles. The Morgan fingerprint density at radius 1 is 1.30 bits per heavy atom. The molecule has 0 saturated carbocycles. The molecule has 0 aliphatic rings. The number of hydrogen-bond acceptors (Lipinski definition) is 3. The Morgan fingerprint density at radius 3 is 2.45 bits per heavy atom. The highest BCUT2D eigenvalue weighted by molar-refractivity contribution is 5.94. The van der Waals surface area contributed by atoms with E-state index in [0.717, 1.165) is 0 Å². The third-order valence-corrected chi connectivity index (χ3v) is 2.95. The average molecular weight is 276 g/mol. The van der Waals surface area contributed by atoms with Gasteiger partial charge in [0.15, 0.2) is 5.82 Å². The van der Waals surface area contributed by atoms with Gasteiger partial charge in [0, 0.05) is 5.56 Å². The molecule has 1 amide bonds. The van der Waals surface area contributed by atoms with Gasteiger partial charge >= 0.3 is 0 Å². The third-order valence-electron chi connectivity index (χ3n) is 2.95. The highest BCUT2D eigenvalue weighted by Gasteiger charge is 2.22. The van der Waals surface area contributed by atoms with Crippen LogP contribution in [-0.2, 0) is 0 Å². The number of aryl methyl sites for hydroxylation is 1. The molecule has 2 N–H and O–H groups in total. The number of nitrogens with one attached hydrogen (secondary N) is 2. The predicted octanol–water partition coefficient (Wildman–Crippen LogP) is 2.38. The number of aromatic amines is 1. The van der Waals surface area contributed by atoms with Crippen LogP contribution in [0.25, 0.3) is 0 Å². The van der Waals surface area contributed by atoms with E-state index in [1.807, 2.05) is 13.8 Å². The van der Waals surface area contributed by atoms with Crippen molar-refractivity contribution in [2.75, 3.05) is 0 Å². The molecule has 1 heterocycles. The Kier molecular flexibility index (Phi) is 4.12. The van der Waals surface area contributed by atoms with Crippen molar-refractivity contribution in [2.45, 2.75) is 26.8 Å². The maximum atomic E-state index is 12.9. The van der Waals surface area contributed by atoms with Gasteiger partial charge in [-0.15, -0.1) is 0 Å². The van der Waals surface area contributed by atoms with Crippen LogP contribution in [0, 0.1) is 18.7 Å². The fourth-order valence-electron chi connectivity index (χ4n) is 1.85. The first-order valence-electron chi connectivity index (χ1n) is 6.42. The molecule has 0 aliphatic heterocycles. The van der Waals surface area contributed by atoms with Crippen LogP contribution in [0.1, 0.15) is 41.9 Å². The number of H-pyrrole nitrogens is 1. The van der Waals surface area contributed by atoms with Crippen LogP contribution < -0.4 is 5.32 Å². The van der Waals surface area contributed by atoms with E-state index in [0.29, 0.717) is 17.2 Å². The number of aromatic nitrogens is 3. The summed E-state index contributed by atoms with van der Waals surface area (Å²) in [6, 6.07) is 5.13. The van der Waals surface area contributed by atoms with E-state index in [9.17, 15) is 9.18 Å². The molecule has 5 nitrogen and oxygen atoms in total. The minimum absolute atomic E-state index is 0.134. The SMILES string of the molecule is Cc1nc([C@@H](NC(=O)c2ccc(F)cc2)C(C)C)n[nH]1. The Labute approximate surface area is 116 Å². The number of hydrogen-bond donors (Lipinski definition) is 2. The Bertz CT molecular complexity index is 591. The standard InChI is InChI=1S/C14H17FN4O/c1-8(2)12(13-16-9(3)18-19-13)17-14(20)10-4-6-11(15)7-5-10/h4-8,12H,1-3H3,(H,17,20)(H,16,18,19)/t12-/m0/s1. The number of carbonyl (C=O) groups excluding carboxylic acids is 1. The van der Waals surface area contributed by atoms with Crippen molar-refractivity contribution < 1.29 is 9.18 Å². The van der Waals surface area contributed by atoms with E-state index < -0.39 is 0 Å². The zero-order chi connectivity index (χ0) is 14.7. The molecule has 2 aromatic rings. The summed E-state index contributed by atoms with van der Waals surface area (Å²) in [5.41, 5.74) is 0.407. The molecule has 0 bridgehead atoms. The zero-order valence-electron chi connectivity index (χ0n) is 11.6. The Morgan fingerprint density at radius 2 is 1.95 bits per heavy atom. The summed E-state index contributed by atoms with van der Waals surface area (Å²) in [6.45, 7) is 5.75. The van der Waals surface area contributed by atoms with Gasteiger partial charge in [-0.05, 0) is 37.1 Å². The van der Waals surface area contributed by atoms with Crippen LogP contribution >= 0.6 is 0 Å². The Hall–Kier alpha value is -2.24. The van der Waals surface area contributed by atoms with Crippen molar-refractivity contribution in [3.05, 3.63) is 47.3 Å². The molecule has 0 saturated heterocycles. The molecule has 2 rings (SSSR count). The van der Waals surface area contributed by atoms with Crippen molar-refractivity contribution >= 4 is 5.91 Å². The van der Waals surface area contributed by atoms with E-state index in [2.05, 4.69) is 20.5 Å². The van der Waals surface area contributed by atoms with Gasteiger partial charge in [0.25, 0.3) is 5.91 Å². The van der Waals surface area contributed by atoms with Gasteiger partial charge in [0.1, 0.15) is 11.6 Å². The largest absolute Gasteiger partial charge is 0.342 e. The summed E-state index contributed by atoms with van der Waals surface area (Å²) in [6.07, 6.45) is 0. The van der Waals surface area contributed by atoms with Crippen LogP contribution in [-0.4, -0.2) is 21.1 Å². The highest BCUT2D eigenvalue weighted by atomic mass is 19.1. The fraction of sp³-hybridized carbons (Fsp3) is 0.357.